The average Bonchev–Trinajstić information content (AvgIpc) is 3.31. The van der Waals surface area contributed by atoms with Crippen LogP contribution in [0.4, 0.5) is 46.5 Å². The average molecular weight is 1000 g/mol. The number of halogens is 8. The number of aromatic nitrogens is 4. The van der Waals surface area contributed by atoms with Gasteiger partial charge in [0.05, 0.1) is 22.5 Å². The van der Waals surface area contributed by atoms with E-state index < -0.39 is 84.9 Å². The third-order valence-electron chi connectivity index (χ3n) is 11.1. The quantitative estimate of drug-likeness (QED) is 0.0745. The van der Waals surface area contributed by atoms with E-state index in [0.29, 0.717) is 89.7 Å². The zero-order chi connectivity index (χ0) is 50.6. The Kier molecular flexibility index (Phi) is 17.6. The maximum absolute atomic E-state index is 13.8. The third-order valence-corrected chi connectivity index (χ3v) is 11.1. The molecule has 0 bridgehead atoms. The van der Waals surface area contributed by atoms with Crippen LogP contribution >= 0.6 is 0 Å². The molecule has 0 unspecified atom stereocenters. The Hall–Kier alpha value is -6.96. The summed E-state index contributed by atoms with van der Waals surface area (Å²) in [5.74, 6) is -4.03. The van der Waals surface area contributed by atoms with E-state index in [0.717, 1.165) is 57.9 Å². The lowest BCUT2D eigenvalue weighted by Crippen LogP contribution is -2.47. The molecule has 6 rings (SSSR count). The van der Waals surface area contributed by atoms with Gasteiger partial charge in [-0.25, -0.2) is 28.0 Å². The van der Waals surface area contributed by atoms with Gasteiger partial charge in [0.15, 0.2) is 13.2 Å². The highest BCUT2D eigenvalue weighted by atomic mass is 19.4. The van der Waals surface area contributed by atoms with Crippen LogP contribution in [-0.2, 0) is 45.4 Å². The SMILES string of the molecule is O=C(/C=C/C(=O)OCc1c[nH]c(=O)n(CCCN2CCN(c3ccc(F)cc3OCC(F)(F)F)CC2)c1=O)OCc1c[nH]c(=O)n(CCCN2CCN(c3ccc(F)cc3OCC(F)(F)F)CC2)c1=O. The molecule has 0 radical (unpaired) electrons. The summed E-state index contributed by atoms with van der Waals surface area (Å²) in [6, 6.07) is 6.78. The van der Waals surface area contributed by atoms with Crippen molar-refractivity contribution in [1.29, 1.82) is 0 Å². The van der Waals surface area contributed by atoms with Crippen LogP contribution in [-0.4, -0.2) is 132 Å². The molecule has 2 aromatic carbocycles. The van der Waals surface area contributed by atoms with Gasteiger partial charge in [0.2, 0.25) is 0 Å². The van der Waals surface area contributed by atoms with Crippen molar-refractivity contribution < 1.29 is 63.7 Å². The first kappa shape index (κ1) is 52.4. The van der Waals surface area contributed by atoms with Crippen molar-refractivity contribution in [3.8, 4) is 11.5 Å². The van der Waals surface area contributed by atoms with Crippen LogP contribution in [0.1, 0.15) is 24.0 Å². The molecule has 380 valence electrons. The first-order valence-electron chi connectivity index (χ1n) is 21.8. The fourth-order valence-electron chi connectivity index (χ4n) is 7.63. The summed E-state index contributed by atoms with van der Waals surface area (Å²) < 4.78 is 126. The third kappa shape index (κ3) is 15.3. The summed E-state index contributed by atoms with van der Waals surface area (Å²) in [5.41, 5.74) is -2.38. The van der Waals surface area contributed by atoms with Crippen LogP contribution in [0.25, 0.3) is 0 Å². The minimum atomic E-state index is -4.60. The summed E-state index contributed by atoms with van der Waals surface area (Å²) in [5, 5.41) is 0. The van der Waals surface area contributed by atoms with Crippen molar-refractivity contribution in [3.63, 3.8) is 0 Å². The van der Waals surface area contributed by atoms with Crippen LogP contribution in [0, 0.1) is 11.6 Å². The standard InChI is InChI=1S/C44H48F8N8O10/c45-31-3-5-33(35(21-31)69-27-43(47,48)49)57-17-13-55(14-18-57)9-1-11-59-39(63)29(23-53-41(59)65)25-67-37(61)7-8-38(62)68-26-30-24-54-42(66)60(40(30)64)12-2-10-56-15-19-58(20-16-56)34-6-4-32(46)22-36(34)70-28-44(50,51)52/h3-8,21-24H,1-2,9-20,25-28H2,(H,53,65)(H,54,66)/b8-7+. The number of H-pyrrole nitrogens is 2. The van der Waals surface area contributed by atoms with E-state index in [1.807, 2.05) is 9.80 Å². The van der Waals surface area contributed by atoms with E-state index in [1.54, 1.807) is 9.80 Å². The van der Waals surface area contributed by atoms with Gasteiger partial charge < -0.3 is 38.7 Å². The largest absolute Gasteiger partial charge is 0.482 e. The van der Waals surface area contributed by atoms with Gasteiger partial charge >= 0.3 is 35.7 Å². The molecule has 26 heteroatoms. The Morgan fingerprint density at radius 3 is 1.29 bits per heavy atom. The topological polar surface area (TPSA) is 194 Å². The monoisotopic (exact) mass is 1000 g/mol. The van der Waals surface area contributed by atoms with E-state index in [1.165, 1.54) is 12.1 Å². The number of carbonyl (C=O) groups excluding carboxylic acids is 2. The highest BCUT2D eigenvalue weighted by Crippen LogP contribution is 2.33. The van der Waals surface area contributed by atoms with Crippen LogP contribution < -0.4 is 41.8 Å². The van der Waals surface area contributed by atoms with Crippen molar-refractivity contribution in [2.75, 3.05) is 88.5 Å². The molecule has 70 heavy (non-hydrogen) atoms. The Bertz CT molecular complexity index is 2540. The highest BCUT2D eigenvalue weighted by molar-refractivity contribution is 5.91. The molecule has 0 saturated carbocycles. The molecule has 2 fully saturated rings. The van der Waals surface area contributed by atoms with Gasteiger partial charge in [-0.15, -0.1) is 0 Å². The van der Waals surface area contributed by atoms with Gasteiger partial charge in [0, 0.05) is 102 Å². The lowest BCUT2D eigenvalue weighted by Gasteiger charge is -2.36. The lowest BCUT2D eigenvalue weighted by atomic mass is 10.2. The van der Waals surface area contributed by atoms with E-state index in [-0.39, 0.29) is 35.7 Å². The van der Waals surface area contributed by atoms with Crippen LogP contribution in [0.2, 0.25) is 0 Å². The Morgan fingerprint density at radius 1 is 0.557 bits per heavy atom. The van der Waals surface area contributed by atoms with Crippen molar-refractivity contribution in [2.24, 2.45) is 0 Å². The number of carbonyl (C=O) groups is 2. The number of nitrogens with one attached hydrogen (secondary N) is 2. The van der Waals surface area contributed by atoms with Gasteiger partial charge in [0.1, 0.15) is 36.3 Å². The lowest BCUT2D eigenvalue weighted by molar-refractivity contribution is -0.154. The van der Waals surface area contributed by atoms with Crippen molar-refractivity contribution in [1.82, 2.24) is 28.9 Å². The second-order valence-electron chi connectivity index (χ2n) is 16.1. The molecule has 0 atom stereocenters. The van der Waals surface area contributed by atoms with Gasteiger partial charge in [-0.2, -0.15) is 26.3 Å². The summed E-state index contributed by atoms with van der Waals surface area (Å²) in [4.78, 5) is 88.5. The van der Waals surface area contributed by atoms with Gasteiger partial charge in [0.25, 0.3) is 11.1 Å². The van der Waals surface area contributed by atoms with Gasteiger partial charge in [-0.05, 0) is 50.2 Å². The molecular formula is C44H48F8N8O10. The number of esters is 2. The molecule has 0 spiro atoms. The molecule has 2 aliphatic heterocycles. The zero-order valence-corrected chi connectivity index (χ0v) is 37.3. The number of anilines is 2. The fourth-order valence-corrected chi connectivity index (χ4v) is 7.63. The number of ether oxygens (including phenoxy) is 4. The molecular weight excluding hydrogens is 953 g/mol. The predicted molar refractivity (Wildman–Crippen MR) is 234 cm³/mol. The second kappa shape index (κ2) is 23.6. The summed E-state index contributed by atoms with van der Waals surface area (Å²) in [7, 11) is 0. The first-order chi connectivity index (χ1) is 33.2. The van der Waals surface area contributed by atoms with Crippen molar-refractivity contribution in [2.45, 2.75) is 51.5 Å². The molecule has 2 aromatic heterocycles. The summed E-state index contributed by atoms with van der Waals surface area (Å²) in [6.45, 7) is 0.0375. The maximum atomic E-state index is 13.8. The van der Waals surface area contributed by atoms with Crippen molar-refractivity contribution >= 4 is 23.3 Å². The number of hydrogen-bond acceptors (Lipinski definition) is 14. The number of alkyl halides is 6. The minimum Gasteiger partial charge on any atom is -0.482 e. The molecule has 4 heterocycles. The predicted octanol–water partition coefficient (Wildman–Crippen LogP) is 3.31. The number of rotatable bonds is 20. The number of aromatic amines is 2. The molecule has 0 amide bonds. The number of benzene rings is 2. The van der Waals surface area contributed by atoms with E-state index >= 15 is 0 Å². The second-order valence-corrected chi connectivity index (χ2v) is 16.1. The molecule has 2 N–H and O–H groups in total. The molecule has 18 nitrogen and oxygen atoms in total. The van der Waals surface area contributed by atoms with Gasteiger partial charge in [-0.1, -0.05) is 0 Å². The maximum Gasteiger partial charge on any atom is 0.422 e. The van der Waals surface area contributed by atoms with Crippen LogP contribution in [0.15, 0.2) is 80.1 Å². The number of piperazine rings is 2. The normalized spacial score (nSPS) is 15.1. The Labute approximate surface area is 392 Å². The zero-order valence-electron chi connectivity index (χ0n) is 37.3. The van der Waals surface area contributed by atoms with E-state index in [9.17, 15) is 63.9 Å². The van der Waals surface area contributed by atoms with E-state index in [4.69, 9.17) is 18.9 Å². The smallest absolute Gasteiger partial charge is 0.422 e. The highest BCUT2D eigenvalue weighted by Gasteiger charge is 2.31. The molecule has 4 aromatic rings. The van der Waals surface area contributed by atoms with Crippen molar-refractivity contribution in [3.05, 3.63) is 125 Å². The molecule has 0 aliphatic carbocycles. The van der Waals surface area contributed by atoms with E-state index in [2.05, 4.69) is 9.97 Å². The summed E-state index contributed by atoms with van der Waals surface area (Å²) in [6.07, 6.45) is -4.88. The molecule has 2 saturated heterocycles. The Morgan fingerprint density at radius 2 is 0.929 bits per heavy atom. The Balaban J connectivity index is 0.904. The number of nitrogens with zero attached hydrogens (tertiary/aromatic N) is 6. The molecule has 2 aliphatic rings. The minimum absolute atomic E-state index is 0.00500. The number of hydrogen-bond donors (Lipinski definition) is 2. The van der Waals surface area contributed by atoms with Gasteiger partial charge in [-0.3, -0.25) is 28.5 Å². The first-order valence-corrected chi connectivity index (χ1v) is 21.8. The summed E-state index contributed by atoms with van der Waals surface area (Å²) >= 11 is 0. The van der Waals surface area contributed by atoms with Crippen LogP contribution in [0.5, 0.6) is 11.5 Å². The fraction of sp³-hybridized carbons (Fsp3) is 0.455. The van der Waals surface area contributed by atoms with Crippen LogP contribution in [0.3, 0.4) is 0 Å².